The van der Waals surface area contributed by atoms with Crippen molar-refractivity contribution in [2.45, 2.75) is 0 Å². The predicted octanol–water partition coefficient (Wildman–Crippen LogP) is 1.17. The Morgan fingerprint density at radius 1 is 1.17 bits per heavy atom. The van der Waals surface area contributed by atoms with E-state index in [0.717, 1.165) is 6.26 Å². The van der Waals surface area contributed by atoms with Crippen LogP contribution in [0.5, 0.6) is 0 Å². The highest BCUT2D eigenvalue weighted by Crippen LogP contribution is 2.05. The number of hydrogen-bond donors (Lipinski definition) is 1. The number of sulfonamides is 1. The zero-order valence-corrected chi connectivity index (χ0v) is 8.43. The van der Waals surface area contributed by atoms with Crippen LogP contribution in [-0.2, 0) is 10.0 Å². The summed E-state index contributed by atoms with van der Waals surface area (Å²) < 4.78 is 23.7. The van der Waals surface area contributed by atoms with E-state index in [-0.39, 0.29) is 13.5 Å². The van der Waals surface area contributed by atoms with Crippen LogP contribution in [-0.4, -0.2) is 14.7 Å². The van der Waals surface area contributed by atoms with Gasteiger partial charge in [-0.3, -0.25) is 4.72 Å². The van der Waals surface area contributed by atoms with E-state index in [1.54, 1.807) is 24.3 Å². The Morgan fingerprint density at radius 2 is 1.67 bits per heavy atom. The largest absolute Gasteiger partial charge is 0.284 e. The summed E-state index contributed by atoms with van der Waals surface area (Å²) in [6.45, 7) is 0. The van der Waals surface area contributed by atoms with Crippen molar-refractivity contribution in [3.63, 3.8) is 0 Å². The van der Waals surface area contributed by atoms with E-state index in [2.05, 4.69) is 4.72 Å². The fourth-order valence-electron chi connectivity index (χ4n) is 0.720. The van der Waals surface area contributed by atoms with Crippen LogP contribution in [0, 0.1) is 0 Å². The minimum Gasteiger partial charge on any atom is -0.284 e. The van der Waals surface area contributed by atoms with E-state index < -0.39 is 10.0 Å². The van der Waals surface area contributed by atoms with Crippen molar-refractivity contribution in [2.75, 3.05) is 11.0 Å². The van der Waals surface area contributed by atoms with Gasteiger partial charge in [0.05, 0.1) is 6.26 Å². The molecule has 0 aliphatic heterocycles. The second-order valence-electron chi connectivity index (χ2n) is 2.24. The summed E-state index contributed by atoms with van der Waals surface area (Å²) >= 11 is 0. The molecular weight excluding hydrogens is 194 g/mol. The highest BCUT2D eigenvalue weighted by Gasteiger charge is 1.98. The molecule has 5 heteroatoms. The normalized spacial score (nSPS) is 10.1. The van der Waals surface area contributed by atoms with E-state index >= 15 is 0 Å². The minimum absolute atomic E-state index is 0. The van der Waals surface area contributed by atoms with Crippen molar-refractivity contribution >= 4 is 29.2 Å². The van der Waals surface area contributed by atoms with Gasteiger partial charge in [-0.25, -0.2) is 8.42 Å². The minimum atomic E-state index is -3.13. The summed E-state index contributed by atoms with van der Waals surface area (Å²) in [6, 6.07) is 8.76. The van der Waals surface area contributed by atoms with Gasteiger partial charge in [0.25, 0.3) is 0 Å². The summed E-state index contributed by atoms with van der Waals surface area (Å²) in [5.74, 6) is 0. The number of benzene rings is 1. The maximum absolute atomic E-state index is 10.7. The van der Waals surface area contributed by atoms with Crippen molar-refractivity contribution in [1.29, 1.82) is 0 Å². The quantitative estimate of drug-likeness (QED) is 0.788. The third-order valence-corrected chi connectivity index (χ3v) is 1.68. The average Bonchev–Trinajstić information content (AvgIpc) is 1.85. The highest BCUT2D eigenvalue weighted by molar-refractivity contribution is 7.92. The lowest BCUT2D eigenvalue weighted by atomic mass is 10.3. The molecule has 0 unspecified atom stereocenters. The van der Waals surface area contributed by atoms with Gasteiger partial charge in [-0.15, -0.1) is 0 Å². The molecule has 68 valence electrons. The van der Waals surface area contributed by atoms with E-state index in [0.29, 0.717) is 5.69 Å². The first kappa shape index (κ1) is 11.3. The van der Waals surface area contributed by atoms with Gasteiger partial charge in [-0.05, 0) is 12.1 Å². The number of rotatable bonds is 2. The smallest absolute Gasteiger partial charge is 0.229 e. The first-order valence-corrected chi connectivity index (χ1v) is 5.00. The Morgan fingerprint density at radius 3 is 2.08 bits per heavy atom. The topological polar surface area (TPSA) is 46.2 Å². The molecule has 0 aromatic heterocycles. The molecule has 0 amide bonds. The SMILES string of the molecule is CS(=O)(=O)Nc1ccccc1.S. The summed E-state index contributed by atoms with van der Waals surface area (Å²) in [5, 5.41) is 0. The first-order chi connectivity index (χ1) is 5.08. The lowest BCUT2D eigenvalue weighted by Gasteiger charge is -2.00. The second kappa shape index (κ2) is 4.37. The van der Waals surface area contributed by atoms with E-state index in [1.807, 2.05) is 6.07 Å². The molecule has 0 saturated heterocycles. The van der Waals surface area contributed by atoms with E-state index in [9.17, 15) is 8.42 Å². The zero-order valence-electron chi connectivity index (χ0n) is 6.61. The molecule has 0 heterocycles. The van der Waals surface area contributed by atoms with E-state index in [4.69, 9.17) is 0 Å². The molecule has 1 N–H and O–H groups in total. The van der Waals surface area contributed by atoms with Crippen molar-refractivity contribution in [1.82, 2.24) is 0 Å². The van der Waals surface area contributed by atoms with Crippen LogP contribution in [0.4, 0.5) is 5.69 Å². The highest BCUT2D eigenvalue weighted by atomic mass is 32.2. The maximum atomic E-state index is 10.7. The number of anilines is 1. The van der Waals surface area contributed by atoms with Crippen LogP contribution in [0.3, 0.4) is 0 Å². The number of hydrogen-bond acceptors (Lipinski definition) is 2. The van der Waals surface area contributed by atoms with Crippen LogP contribution in [0.15, 0.2) is 30.3 Å². The molecule has 0 saturated carbocycles. The monoisotopic (exact) mass is 205 g/mol. The first-order valence-electron chi connectivity index (χ1n) is 3.11. The number of nitrogens with one attached hydrogen (secondary N) is 1. The van der Waals surface area contributed by atoms with Crippen LogP contribution in [0.1, 0.15) is 0 Å². The molecule has 0 atom stereocenters. The molecule has 0 spiro atoms. The average molecular weight is 205 g/mol. The standard InChI is InChI=1S/C7H9NO2S.H2S/c1-11(9,10)8-7-5-3-2-4-6-7;/h2-6,8H,1H3;1H2. The molecule has 3 nitrogen and oxygen atoms in total. The Hall–Kier alpha value is -0.680. The van der Waals surface area contributed by atoms with Gasteiger partial charge >= 0.3 is 0 Å². The Kier molecular flexibility index (Phi) is 4.12. The van der Waals surface area contributed by atoms with Gasteiger partial charge in [-0.1, -0.05) is 18.2 Å². The van der Waals surface area contributed by atoms with Gasteiger partial charge < -0.3 is 0 Å². The molecule has 1 rings (SSSR count). The van der Waals surface area contributed by atoms with Crippen LogP contribution in [0.25, 0.3) is 0 Å². The molecule has 0 bridgehead atoms. The van der Waals surface area contributed by atoms with Gasteiger partial charge in [0.15, 0.2) is 0 Å². The maximum Gasteiger partial charge on any atom is 0.229 e. The zero-order chi connectivity index (χ0) is 8.32. The van der Waals surface area contributed by atoms with Crippen LogP contribution in [0.2, 0.25) is 0 Å². The molecule has 1 aromatic rings. The lowest BCUT2D eigenvalue weighted by Crippen LogP contribution is -2.08. The van der Waals surface area contributed by atoms with Crippen molar-refractivity contribution in [2.24, 2.45) is 0 Å². The number of para-hydroxylation sites is 1. The second-order valence-corrected chi connectivity index (χ2v) is 3.99. The van der Waals surface area contributed by atoms with Gasteiger partial charge in [-0.2, -0.15) is 13.5 Å². The van der Waals surface area contributed by atoms with Crippen molar-refractivity contribution in [3.8, 4) is 0 Å². The summed E-state index contributed by atoms with van der Waals surface area (Å²) in [6.07, 6.45) is 1.12. The fraction of sp³-hybridized carbons (Fsp3) is 0.143. The Bertz CT molecular complexity index is 321. The summed E-state index contributed by atoms with van der Waals surface area (Å²) in [7, 11) is -3.13. The Labute approximate surface area is 79.3 Å². The lowest BCUT2D eigenvalue weighted by molar-refractivity contribution is 0.607. The van der Waals surface area contributed by atoms with Gasteiger partial charge in [0.1, 0.15) is 0 Å². The molecule has 12 heavy (non-hydrogen) atoms. The van der Waals surface area contributed by atoms with Crippen LogP contribution < -0.4 is 4.72 Å². The van der Waals surface area contributed by atoms with E-state index in [1.165, 1.54) is 0 Å². The molecule has 0 fully saturated rings. The van der Waals surface area contributed by atoms with Crippen molar-refractivity contribution < 1.29 is 8.42 Å². The fourth-order valence-corrected chi connectivity index (χ4v) is 1.28. The molecule has 1 aromatic carbocycles. The Balaban J connectivity index is 0.00000121. The summed E-state index contributed by atoms with van der Waals surface area (Å²) in [5.41, 5.74) is 0.593. The van der Waals surface area contributed by atoms with Gasteiger partial charge in [0.2, 0.25) is 10.0 Å². The van der Waals surface area contributed by atoms with Crippen LogP contribution >= 0.6 is 13.5 Å². The molecular formula is C7H11NO2S2. The van der Waals surface area contributed by atoms with Crippen molar-refractivity contribution in [3.05, 3.63) is 30.3 Å². The third-order valence-electron chi connectivity index (χ3n) is 1.08. The molecule has 0 radical (unpaired) electrons. The summed E-state index contributed by atoms with van der Waals surface area (Å²) in [4.78, 5) is 0. The molecule has 0 aliphatic carbocycles. The van der Waals surface area contributed by atoms with Gasteiger partial charge in [0, 0.05) is 5.69 Å². The third kappa shape index (κ3) is 4.25. The predicted molar refractivity (Wildman–Crippen MR) is 55.3 cm³/mol. The molecule has 0 aliphatic rings.